The molecule has 0 aliphatic heterocycles. The van der Waals surface area contributed by atoms with Gasteiger partial charge in [-0.05, 0) is 29.5 Å². The number of rotatable bonds is 3. The van der Waals surface area contributed by atoms with Crippen LogP contribution in [-0.2, 0) is 6.42 Å². The van der Waals surface area contributed by atoms with Crippen LogP contribution in [0.5, 0.6) is 0 Å². The molecule has 0 fully saturated rings. The third-order valence-corrected chi connectivity index (χ3v) is 3.52. The summed E-state index contributed by atoms with van der Waals surface area (Å²) in [4.78, 5) is 4.48. The Labute approximate surface area is 97.4 Å². The molecular formula is C12H12FNOS. The van der Waals surface area contributed by atoms with Gasteiger partial charge in [-0.2, -0.15) is 0 Å². The summed E-state index contributed by atoms with van der Waals surface area (Å²) in [5.74, 6) is -0.467. The van der Waals surface area contributed by atoms with Crippen molar-refractivity contribution in [1.29, 1.82) is 0 Å². The van der Waals surface area contributed by atoms with E-state index in [0.717, 1.165) is 23.1 Å². The van der Waals surface area contributed by atoms with E-state index in [9.17, 15) is 9.50 Å². The fourth-order valence-electron chi connectivity index (χ4n) is 1.63. The Balaban J connectivity index is 2.39. The lowest BCUT2D eigenvalue weighted by molar-refractivity contribution is 0.217. The molecule has 0 spiro atoms. The van der Waals surface area contributed by atoms with Gasteiger partial charge in [-0.15, -0.1) is 11.3 Å². The first kappa shape index (κ1) is 11.2. The van der Waals surface area contributed by atoms with E-state index in [4.69, 9.17) is 0 Å². The maximum Gasteiger partial charge on any atom is 0.147 e. The highest BCUT2D eigenvalue weighted by Crippen LogP contribution is 2.30. The molecule has 2 heterocycles. The molecule has 1 atom stereocenters. The van der Waals surface area contributed by atoms with E-state index in [2.05, 4.69) is 4.98 Å². The van der Waals surface area contributed by atoms with Crippen molar-refractivity contribution in [3.63, 3.8) is 0 Å². The molecule has 0 aliphatic rings. The zero-order valence-electron chi connectivity index (χ0n) is 8.85. The first-order valence-corrected chi connectivity index (χ1v) is 5.95. The average Bonchev–Trinajstić information content (AvgIpc) is 2.77. The number of aliphatic hydroxyl groups is 1. The molecule has 2 rings (SSSR count). The summed E-state index contributed by atoms with van der Waals surface area (Å²) in [5, 5.41) is 12.0. The van der Waals surface area contributed by atoms with Crippen LogP contribution in [-0.4, -0.2) is 10.1 Å². The quantitative estimate of drug-likeness (QED) is 0.890. The predicted octanol–water partition coefficient (Wildman–Crippen LogP) is 2.93. The molecule has 2 nitrogen and oxygen atoms in total. The predicted molar refractivity (Wildman–Crippen MR) is 62.0 cm³/mol. The normalized spacial score (nSPS) is 12.7. The molecule has 2 aromatic heterocycles. The molecule has 84 valence electrons. The van der Waals surface area contributed by atoms with Gasteiger partial charge < -0.3 is 5.11 Å². The summed E-state index contributed by atoms with van der Waals surface area (Å²) in [6.07, 6.45) is 2.55. The standard InChI is InChI=1S/C12H12FNOS/c1-2-8-4-6-16-12(8)11(15)9-3-5-14-7-10(9)13/h3-7,11,15H,2H2,1H3. The minimum atomic E-state index is -0.891. The lowest BCUT2D eigenvalue weighted by Crippen LogP contribution is -2.03. The van der Waals surface area contributed by atoms with Gasteiger partial charge in [-0.3, -0.25) is 4.98 Å². The van der Waals surface area contributed by atoms with Crippen LogP contribution >= 0.6 is 11.3 Å². The number of thiophene rings is 1. The number of aliphatic hydroxyl groups excluding tert-OH is 1. The Morgan fingerprint density at radius 2 is 2.31 bits per heavy atom. The third-order valence-electron chi connectivity index (χ3n) is 2.51. The maximum absolute atomic E-state index is 13.4. The van der Waals surface area contributed by atoms with Crippen LogP contribution in [0.3, 0.4) is 0 Å². The van der Waals surface area contributed by atoms with E-state index in [1.165, 1.54) is 23.6 Å². The van der Waals surface area contributed by atoms with Gasteiger partial charge >= 0.3 is 0 Å². The minimum absolute atomic E-state index is 0.284. The van der Waals surface area contributed by atoms with E-state index >= 15 is 0 Å². The monoisotopic (exact) mass is 237 g/mol. The molecule has 2 aromatic rings. The van der Waals surface area contributed by atoms with Crippen LogP contribution in [0.1, 0.15) is 29.0 Å². The first-order chi connectivity index (χ1) is 7.74. The van der Waals surface area contributed by atoms with Gasteiger partial charge in [0.1, 0.15) is 11.9 Å². The number of hydrogen-bond acceptors (Lipinski definition) is 3. The number of aromatic nitrogens is 1. The highest BCUT2D eigenvalue weighted by Gasteiger charge is 2.18. The van der Waals surface area contributed by atoms with Gasteiger partial charge in [0.15, 0.2) is 0 Å². The zero-order valence-corrected chi connectivity index (χ0v) is 9.67. The minimum Gasteiger partial charge on any atom is -0.383 e. The van der Waals surface area contributed by atoms with Crippen molar-refractivity contribution < 1.29 is 9.50 Å². The molecule has 0 saturated carbocycles. The molecule has 4 heteroatoms. The van der Waals surface area contributed by atoms with Crippen molar-refractivity contribution in [2.75, 3.05) is 0 Å². The van der Waals surface area contributed by atoms with Crippen LogP contribution in [0.25, 0.3) is 0 Å². The second-order valence-corrected chi connectivity index (χ2v) is 4.41. The highest BCUT2D eigenvalue weighted by atomic mass is 32.1. The fraction of sp³-hybridized carbons (Fsp3) is 0.250. The number of aryl methyl sites for hydroxylation is 1. The summed E-state index contributed by atoms with van der Waals surface area (Å²) in [6.45, 7) is 2.02. The number of halogens is 1. The van der Waals surface area contributed by atoms with Crippen LogP contribution in [0.2, 0.25) is 0 Å². The molecule has 0 amide bonds. The van der Waals surface area contributed by atoms with Crippen LogP contribution in [0, 0.1) is 5.82 Å². The van der Waals surface area contributed by atoms with Crippen molar-refractivity contribution in [3.05, 3.63) is 51.7 Å². The SMILES string of the molecule is CCc1ccsc1C(O)c1ccncc1F. The largest absolute Gasteiger partial charge is 0.383 e. The number of pyridine rings is 1. The molecule has 0 aromatic carbocycles. The Hall–Kier alpha value is -1.26. The van der Waals surface area contributed by atoms with Gasteiger partial charge in [0.25, 0.3) is 0 Å². The Morgan fingerprint density at radius 3 is 3.00 bits per heavy atom. The lowest BCUT2D eigenvalue weighted by Gasteiger charge is -2.11. The molecule has 0 aliphatic carbocycles. The van der Waals surface area contributed by atoms with Crippen LogP contribution in [0.15, 0.2) is 29.9 Å². The van der Waals surface area contributed by atoms with Crippen molar-refractivity contribution in [2.24, 2.45) is 0 Å². The molecule has 0 saturated heterocycles. The van der Waals surface area contributed by atoms with Crippen molar-refractivity contribution in [3.8, 4) is 0 Å². The molecular weight excluding hydrogens is 225 g/mol. The van der Waals surface area contributed by atoms with E-state index < -0.39 is 11.9 Å². The summed E-state index contributed by atoms with van der Waals surface area (Å²) >= 11 is 1.45. The molecule has 0 radical (unpaired) electrons. The second-order valence-electron chi connectivity index (χ2n) is 3.46. The summed E-state index contributed by atoms with van der Waals surface area (Å²) in [6, 6.07) is 3.47. The van der Waals surface area contributed by atoms with Gasteiger partial charge in [-0.1, -0.05) is 6.92 Å². The zero-order chi connectivity index (χ0) is 11.5. The third kappa shape index (κ3) is 1.99. The van der Waals surface area contributed by atoms with Crippen molar-refractivity contribution in [2.45, 2.75) is 19.4 Å². The molecule has 1 N–H and O–H groups in total. The van der Waals surface area contributed by atoms with E-state index in [0.29, 0.717) is 0 Å². The average molecular weight is 237 g/mol. The fourth-order valence-corrected chi connectivity index (χ4v) is 2.63. The number of hydrogen-bond donors (Lipinski definition) is 1. The van der Waals surface area contributed by atoms with Gasteiger partial charge in [0, 0.05) is 16.6 Å². The van der Waals surface area contributed by atoms with Crippen LogP contribution < -0.4 is 0 Å². The van der Waals surface area contributed by atoms with Gasteiger partial charge in [0.2, 0.25) is 0 Å². The van der Waals surface area contributed by atoms with Crippen molar-refractivity contribution >= 4 is 11.3 Å². The summed E-state index contributed by atoms with van der Waals surface area (Å²) < 4.78 is 13.4. The second kappa shape index (κ2) is 4.72. The molecule has 16 heavy (non-hydrogen) atoms. The molecule has 0 bridgehead atoms. The topological polar surface area (TPSA) is 33.1 Å². The number of nitrogens with zero attached hydrogens (tertiary/aromatic N) is 1. The van der Waals surface area contributed by atoms with Gasteiger partial charge in [-0.25, -0.2) is 4.39 Å². The highest BCUT2D eigenvalue weighted by molar-refractivity contribution is 7.10. The van der Waals surface area contributed by atoms with Crippen molar-refractivity contribution in [1.82, 2.24) is 4.98 Å². The lowest BCUT2D eigenvalue weighted by atomic mass is 10.1. The Kier molecular flexibility index (Phi) is 3.31. The van der Waals surface area contributed by atoms with E-state index in [-0.39, 0.29) is 5.56 Å². The summed E-state index contributed by atoms with van der Waals surface area (Å²) in [7, 11) is 0. The Bertz CT molecular complexity index is 483. The van der Waals surface area contributed by atoms with Crippen LogP contribution in [0.4, 0.5) is 4.39 Å². The maximum atomic E-state index is 13.4. The van der Waals surface area contributed by atoms with E-state index in [1.807, 2.05) is 18.4 Å². The molecule has 1 unspecified atom stereocenters. The van der Waals surface area contributed by atoms with E-state index in [1.54, 1.807) is 0 Å². The first-order valence-electron chi connectivity index (χ1n) is 5.07. The van der Waals surface area contributed by atoms with Gasteiger partial charge in [0.05, 0.1) is 6.20 Å². The summed E-state index contributed by atoms with van der Waals surface area (Å²) in [5.41, 5.74) is 1.35. The smallest absolute Gasteiger partial charge is 0.147 e. The Morgan fingerprint density at radius 1 is 1.50 bits per heavy atom.